The Bertz CT molecular complexity index is 499. The molecule has 0 saturated carbocycles. The molecule has 8 heteroatoms. The molecule has 0 heterocycles. The van der Waals surface area contributed by atoms with Gasteiger partial charge in [-0.15, -0.1) is 13.2 Å². The molecule has 0 aliphatic rings. The van der Waals surface area contributed by atoms with Gasteiger partial charge in [-0.25, -0.2) is 0 Å². The lowest BCUT2D eigenvalue weighted by molar-refractivity contribution is -0.274. The van der Waals surface area contributed by atoms with Gasteiger partial charge in [0.05, 0.1) is 0 Å². The average Bonchev–Trinajstić information content (AvgIpc) is 2.34. The molecule has 1 unspecified atom stereocenters. The van der Waals surface area contributed by atoms with Crippen molar-refractivity contribution < 1.29 is 32.6 Å². The highest BCUT2D eigenvalue weighted by Crippen LogP contribution is 2.22. The van der Waals surface area contributed by atoms with Crippen LogP contribution in [0.15, 0.2) is 24.3 Å². The van der Waals surface area contributed by atoms with Gasteiger partial charge in [0.2, 0.25) is 0 Å². The van der Waals surface area contributed by atoms with Gasteiger partial charge >= 0.3 is 12.3 Å². The maximum atomic E-state index is 12.0. The highest BCUT2D eigenvalue weighted by Gasteiger charge is 2.31. The zero-order valence-corrected chi connectivity index (χ0v) is 11.1. The van der Waals surface area contributed by atoms with Gasteiger partial charge in [-0.3, -0.25) is 9.59 Å². The van der Waals surface area contributed by atoms with Crippen molar-refractivity contribution in [3.8, 4) is 5.75 Å². The molecular weight excluding hydrogens is 291 g/mol. The third kappa shape index (κ3) is 6.64. The van der Waals surface area contributed by atoms with Crippen molar-refractivity contribution in [3.63, 3.8) is 0 Å². The Morgan fingerprint density at radius 1 is 1.29 bits per heavy atom. The van der Waals surface area contributed by atoms with E-state index in [0.29, 0.717) is 0 Å². The molecule has 0 bridgehead atoms. The number of halogens is 3. The molecule has 116 valence electrons. The third-order valence-corrected chi connectivity index (χ3v) is 2.48. The van der Waals surface area contributed by atoms with Gasteiger partial charge in [-0.2, -0.15) is 0 Å². The first kappa shape index (κ1) is 16.8. The van der Waals surface area contributed by atoms with Crippen LogP contribution in [0.5, 0.6) is 5.75 Å². The highest BCUT2D eigenvalue weighted by molar-refractivity contribution is 5.94. The number of benzene rings is 1. The number of hydrogen-bond acceptors (Lipinski definition) is 3. The predicted octanol–water partition coefficient (Wildman–Crippen LogP) is 2.43. The summed E-state index contributed by atoms with van der Waals surface area (Å²) in [6.07, 6.45) is -4.87. The van der Waals surface area contributed by atoms with Gasteiger partial charge in [-0.05, 0) is 30.2 Å². The fraction of sp³-hybridized carbons (Fsp3) is 0.385. The van der Waals surface area contributed by atoms with Crippen LogP contribution in [0.1, 0.15) is 23.7 Å². The van der Waals surface area contributed by atoms with E-state index < -0.39 is 24.0 Å². The maximum absolute atomic E-state index is 12.0. The van der Waals surface area contributed by atoms with E-state index in [1.54, 1.807) is 6.92 Å². The molecule has 0 aliphatic heterocycles. The van der Waals surface area contributed by atoms with Crippen molar-refractivity contribution in [3.05, 3.63) is 29.8 Å². The minimum absolute atomic E-state index is 0.0847. The molecule has 21 heavy (non-hydrogen) atoms. The number of hydrogen-bond donors (Lipinski definition) is 2. The van der Waals surface area contributed by atoms with Crippen LogP contribution in [0.2, 0.25) is 0 Å². The number of amides is 1. The van der Waals surface area contributed by atoms with Crippen LogP contribution in [0.4, 0.5) is 13.2 Å². The Morgan fingerprint density at radius 3 is 2.33 bits per heavy atom. The Labute approximate surface area is 118 Å². The zero-order valence-electron chi connectivity index (χ0n) is 11.1. The molecule has 1 aromatic rings. The van der Waals surface area contributed by atoms with E-state index in [-0.39, 0.29) is 24.4 Å². The number of carbonyl (C=O) groups is 2. The van der Waals surface area contributed by atoms with E-state index in [2.05, 4.69) is 10.1 Å². The van der Waals surface area contributed by atoms with Gasteiger partial charge in [0.25, 0.3) is 5.91 Å². The predicted molar refractivity (Wildman–Crippen MR) is 66.9 cm³/mol. The Balaban J connectivity index is 2.53. The van der Waals surface area contributed by atoms with E-state index >= 15 is 0 Å². The van der Waals surface area contributed by atoms with Gasteiger partial charge in [0.1, 0.15) is 5.75 Å². The number of alkyl halides is 3. The van der Waals surface area contributed by atoms with Crippen LogP contribution >= 0.6 is 0 Å². The topological polar surface area (TPSA) is 75.6 Å². The molecule has 2 N–H and O–H groups in total. The summed E-state index contributed by atoms with van der Waals surface area (Å²) >= 11 is 0. The van der Waals surface area contributed by atoms with Crippen molar-refractivity contribution in [2.24, 2.45) is 5.92 Å². The summed E-state index contributed by atoms with van der Waals surface area (Å²) < 4.78 is 39.6. The molecule has 0 aliphatic carbocycles. The molecule has 0 spiro atoms. The standard InChI is InChI=1S/C13H14F3NO4/c1-8(6-11(18)19)7-17-12(20)9-2-4-10(5-3-9)21-13(14,15)16/h2-5,8H,6-7H2,1H3,(H,17,20)(H,18,19). The van der Waals surface area contributed by atoms with Crippen molar-refractivity contribution in [1.29, 1.82) is 0 Å². The quantitative estimate of drug-likeness (QED) is 0.846. The number of aliphatic carboxylic acids is 1. The molecule has 0 saturated heterocycles. The normalized spacial score (nSPS) is 12.6. The van der Waals surface area contributed by atoms with Crippen LogP contribution in [0.25, 0.3) is 0 Å². The second-order valence-corrected chi connectivity index (χ2v) is 4.49. The van der Waals surface area contributed by atoms with Crippen LogP contribution in [-0.4, -0.2) is 29.9 Å². The highest BCUT2D eigenvalue weighted by atomic mass is 19.4. The second kappa shape index (κ2) is 6.96. The summed E-state index contributed by atoms with van der Waals surface area (Å²) in [7, 11) is 0. The van der Waals surface area contributed by atoms with Crippen molar-refractivity contribution in [2.45, 2.75) is 19.7 Å². The van der Waals surface area contributed by atoms with Crippen LogP contribution in [-0.2, 0) is 4.79 Å². The van der Waals surface area contributed by atoms with Crippen molar-refractivity contribution >= 4 is 11.9 Å². The first-order chi connectivity index (χ1) is 9.67. The van der Waals surface area contributed by atoms with E-state index in [1.807, 2.05) is 0 Å². The fourth-order valence-electron chi connectivity index (χ4n) is 1.55. The number of carboxylic acids is 1. The lowest BCUT2D eigenvalue weighted by Crippen LogP contribution is -2.29. The van der Waals surface area contributed by atoms with Crippen LogP contribution in [0, 0.1) is 5.92 Å². The summed E-state index contributed by atoms with van der Waals surface area (Å²) in [4.78, 5) is 22.2. The molecule has 1 aromatic carbocycles. The van der Waals surface area contributed by atoms with Crippen molar-refractivity contribution in [2.75, 3.05) is 6.54 Å². The van der Waals surface area contributed by atoms with E-state index in [9.17, 15) is 22.8 Å². The summed E-state index contributed by atoms with van der Waals surface area (Å²) in [5.41, 5.74) is 0.159. The van der Waals surface area contributed by atoms with E-state index in [4.69, 9.17) is 5.11 Å². The lowest BCUT2D eigenvalue weighted by atomic mass is 10.1. The summed E-state index contributed by atoms with van der Waals surface area (Å²) in [5.74, 6) is -2.13. The average molecular weight is 305 g/mol. The number of carboxylic acid groups (broad SMARTS) is 1. The van der Waals surface area contributed by atoms with Crippen LogP contribution < -0.4 is 10.1 Å². The number of nitrogens with one attached hydrogen (secondary N) is 1. The van der Waals surface area contributed by atoms with Gasteiger partial charge in [0, 0.05) is 18.5 Å². The van der Waals surface area contributed by atoms with Gasteiger partial charge in [0.15, 0.2) is 0 Å². The number of carbonyl (C=O) groups excluding carboxylic acids is 1. The molecule has 0 aromatic heterocycles. The van der Waals surface area contributed by atoms with Crippen molar-refractivity contribution in [1.82, 2.24) is 5.32 Å². The van der Waals surface area contributed by atoms with Gasteiger partial charge in [-0.1, -0.05) is 6.92 Å². The SMILES string of the molecule is CC(CNC(=O)c1ccc(OC(F)(F)F)cc1)CC(=O)O. The Kier molecular flexibility index (Phi) is 5.57. The third-order valence-electron chi connectivity index (χ3n) is 2.48. The van der Waals surface area contributed by atoms with Gasteiger partial charge < -0.3 is 15.2 Å². The summed E-state index contributed by atoms with van der Waals surface area (Å²) in [5, 5.41) is 11.1. The molecule has 0 fully saturated rings. The smallest absolute Gasteiger partial charge is 0.481 e. The largest absolute Gasteiger partial charge is 0.573 e. The van der Waals surface area contributed by atoms with E-state index in [1.165, 1.54) is 12.1 Å². The molecule has 1 amide bonds. The first-order valence-corrected chi connectivity index (χ1v) is 6.03. The first-order valence-electron chi connectivity index (χ1n) is 6.03. The molecule has 0 radical (unpaired) electrons. The lowest BCUT2D eigenvalue weighted by Gasteiger charge is -2.11. The van der Waals surface area contributed by atoms with Crippen LogP contribution in [0.3, 0.4) is 0 Å². The summed E-state index contributed by atoms with van der Waals surface area (Å²) in [6, 6.07) is 4.45. The molecule has 1 rings (SSSR count). The minimum atomic E-state index is -4.78. The Morgan fingerprint density at radius 2 is 1.86 bits per heavy atom. The molecule has 1 atom stereocenters. The fourth-order valence-corrected chi connectivity index (χ4v) is 1.55. The number of rotatable bonds is 6. The number of ether oxygens (including phenoxy) is 1. The van der Waals surface area contributed by atoms with E-state index in [0.717, 1.165) is 12.1 Å². The molecular formula is C13H14F3NO4. The second-order valence-electron chi connectivity index (χ2n) is 4.49. The monoisotopic (exact) mass is 305 g/mol. The Hall–Kier alpha value is -2.25. The minimum Gasteiger partial charge on any atom is -0.481 e. The zero-order chi connectivity index (χ0) is 16.0. The maximum Gasteiger partial charge on any atom is 0.573 e. The summed E-state index contributed by atoms with van der Waals surface area (Å²) in [6.45, 7) is 1.82. The molecule has 5 nitrogen and oxygen atoms in total.